The zero-order valence-electron chi connectivity index (χ0n) is 9.73. The molecule has 1 heterocycles. The highest BCUT2D eigenvalue weighted by Crippen LogP contribution is 2.31. The van der Waals surface area contributed by atoms with Crippen molar-refractivity contribution >= 4 is 17.0 Å². The molecule has 84 valence electrons. The first-order valence-corrected chi connectivity index (χ1v) is 6.58. The summed E-state index contributed by atoms with van der Waals surface area (Å²) in [5, 5.41) is 5.68. The fraction of sp³-hybridized carbons (Fsp3) is 0.286. The van der Waals surface area contributed by atoms with Gasteiger partial charge in [-0.2, -0.15) is 0 Å². The van der Waals surface area contributed by atoms with E-state index in [0.717, 1.165) is 6.42 Å². The lowest BCUT2D eigenvalue weighted by Crippen LogP contribution is -2.13. The Morgan fingerprint density at radius 2 is 2.00 bits per heavy atom. The minimum absolute atomic E-state index is 0.515. The summed E-state index contributed by atoms with van der Waals surface area (Å²) in [6.07, 6.45) is 1.14. The van der Waals surface area contributed by atoms with Crippen molar-refractivity contribution < 1.29 is 0 Å². The van der Waals surface area contributed by atoms with Crippen molar-refractivity contribution in [1.29, 1.82) is 0 Å². The molecule has 0 spiro atoms. The van der Waals surface area contributed by atoms with Crippen molar-refractivity contribution in [2.24, 2.45) is 0 Å². The van der Waals surface area contributed by atoms with E-state index in [1.54, 1.807) is 11.3 Å². The SMILES string of the molecule is CCC(C)Nc1ccccc1-c1cccs1. The second-order valence-electron chi connectivity index (χ2n) is 3.98. The average Bonchev–Trinajstić information content (AvgIpc) is 2.83. The van der Waals surface area contributed by atoms with Crippen LogP contribution in [0.5, 0.6) is 0 Å². The molecule has 0 saturated heterocycles. The summed E-state index contributed by atoms with van der Waals surface area (Å²) in [6.45, 7) is 4.41. The molecule has 16 heavy (non-hydrogen) atoms. The van der Waals surface area contributed by atoms with Crippen molar-refractivity contribution in [3.63, 3.8) is 0 Å². The number of hydrogen-bond donors (Lipinski definition) is 1. The molecule has 2 heteroatoms. The first-order valence-electron chi connectivity index (χ1n) is 5.70. The number of thiophene rings is 1. The number of nitrogens with one attached hydrogen (secondary N) is 1. The van der Waals surface area contributed by atoms with Crippen LogP contribution in [-0.4, -0.2) is 6.04 Å². The van der Waals surface area contributed by atoms with E-state index in [1.807, 2.05) is 0 Å². The van der Waals surface area contributed by atoms with Gasteiger partial charge < -0.3 is 5.32 Å². The third kappa shape index (κ3) is 2.45. The van der Waals surface area contributed by atoms with E-state index in [1.165, 1.54) is 16.1 Å². The second kappa shape index (κ2) is 5.17. The molecule has 0 radical (unpaired) electrons. The Kier molecular flexibility index (Phi) is 3.62. The molecule has 1 aromatic heterocycles. The predicted molar refractivity (Wildman–Crippen MR) is 73.1 cm³/mol. The van der Waals surface area contributed by atoms with Crippen LogP contribution in [0.25, 0.3) is 10.4 Å². The average molecular weight is 231 g/mol. The minimum atomic E-state index is 0.515. The number of para-hydroxylation sites is 1. The molecule has 0 aliphatic carbocycles. The topological polar surface area (TPSA) is 12.0 Å². The maximum atomic E-state index is 3.56. The molecule has 0 fully saturated rings. The van der Waals surface area contributed by atoms with Crippen LogP contribution in [-0.2, 0) is 0 Å². The molecule has 2 aromatic rings. The quantitative estimate of drug-likeness (QED) is 0.809. The molecule has 1 aromatic carbocycles. The first kappa shape index (κ1) is 11.2. The van der Waals surface area contributed by atoms with Gasteiger partial charge in [0.2, 0.25) is 0 Å². The zero-order valence-corrected chi connectivity index (χ0v) is 10.6. The third-order valence-corrected chi connectivity index (χ3v) is 3.63. The Balaban J connectivity index is 2.31. The predicted octanol–water partition coefficient (Wildman–Crippen LogP) is 4.63. The molecule has 1 atom stereocenters. The van der Waals surface area contributed by atoms with E-state index in [9.17, 15) is 0 Å². The van der Waals surface area contributed by atoms with Gasteiger partial charge in [0, 0.05) is 22.2 Å². The van der Waals surface area contributed by atoms with Crippen LogP contribution >= 0.6 is 11.3 Å². The van der Waals surface area contributed by atoms with Gasteiger partial charge in [0.1, 0.15) is 0 Å². The van der Waals surface area contributed by atoms with E-state index in [4.69, 9.17) is 0 Å². The van der Waals surface area contributed by atoms with Gasteiger partial charge in [-0.3, -0.25) is 0 Å². The van der Waals surface area contributed by atoms with Crippen LogP contribution in [0.2, 0.25) is 0 Å². The fourth-order valence-electron chi connectivity index (χ4n) is 1.62. The maximum Gasteiger partial charge on any atom is 0.0430 e. The lowest BCUT2D eigenvalue weighted by molar-refractivity contribution is 0.764. The van der Waals surface area contributed by atoms with Crippen LogP contribution in [0.3, 0.4) is 0 Å². The van der Waals surface area contributed by atoms with Gasteiger partial charge in [-0.25, -0.2) is 0 Å². The zero-order chi connectivity index (χ0) is 11.4. The van der Waals surface area contributed by atoms with E-state index < -0.39 is 0 Å². The Morgan fingerprint density at radius 3 is 2.69 bits per heavy atom. The highest BCUT2D eigenvalue weighted by atomic mass is 32.1. The van der Waals surface area contributed by atoms with Gasteiger partial charge in [0.25, 0.3) is 0 Å². The molecule has 1 nitrogen and oxygen atoms in total. The summed E-state index contributed by atoms with van der Waals surface area (Å²) in [5.41, 5.74) is 2.54. The summed E-state index contributed by atoms with van der Waals surface area (Å²) in [6, 6.07) is 13.3. The Hall–Kier alpha value is -1.28. The second-order valence-corrected chi connectivity index (χ2v) is 4.92. The van der Waals surface area contributed by atoms with Crippen LogP contribution < -0.4 is 5.32 Å². The largest absolute Gasteiger partial charge is 0.382 e. The van der Waals surface area contributed by atoms with Crippen molar-refractivity contribution in [3.05, 3.63) is 41.8 Å². The molecule has 0 bridgehead atoms. The van der Waals surface area contributed by atoms with Crippen molar-refractivity contribution in [2.75, 3.05) is 5.32 Å². The van der Waals surface area contributed by atoms with Gasteiger partial charge >= 0.3 is 0 Å². The molecular weight excluding hydrogens is 214 g/mol. The Bertz CT molecular complexity index is 434. The Labute approximate surface area is 101 Å². The van der Waals surface area contributed by atoms with Gasteiger partial charge in [0.05, 0.1) is 0 Å². The molecule has 1 unspecified atom stereocenters. The summed E-state index contributed by atoms with van der Waals surface area (Å²) in [7, 11) is 0. The summed E-state index contributed by atoms with van der Waals surface area (Å²) < 4.78 is 0. The van der Waals surface area contributed by atoms with Crippen LogP contribution in [0, 0.1) is 0 Å². The van der Waals surface area contributed by atoms with E-state index in [-0.39, 0.29) is 0 Å². The normalized spacial score (nSPS) is 12.4. The highest BCUT2D eigenvalue weighted by Gasteiger charge is 2.06. The van der Waals surface area contributed by atoms with Crippen LogP contribution in [0.15, 0.2) is 41.8 Å². The van der Waals surface area contributed by atoms with Gasteiger partial charge in [0.15, 0.2) is 0 Å². The van der Waals surface area contributed by atoms with Gasteiger partial charge in [-0.15, -0.1) is 11.3 Å². The molecule has 0 aliphatic rings. The lowest BCUT2D eigenvalue weighted by atomic mass is 10.1. The van der Waals surface area contributed by atoms with E-state index in [0.29, 0.717) is 6.04 Å². The number of rotatable bonds is 4. The first-order chi connectivity index (χ1) is 7.81. The highest BCUT2D eigenvalue weighted by molar-refractivity contribution is 7.13. The number of hydrogen-bond acceptors (Lipinski definition) is 2. The summed E-state index contributed by atoms with van der Waals surface area (Å²) in [4.78, 5) is 1.33. The number of benzene rings is 1. The van der Waals surface area contributed by atoms with E-state index in [2.05, 4.69) is 60.9 Å². The smallest absolute Gasteiger partial charge is 0.0430 e. The van der Waals surface area contributed by atoms with Gasteiger partial charge in [-0.1, -0.05) is 31.2 Å². The third-order valence-electron chi connectivity index (χ3n) is 2.73. The summed E-state index contributed by atoms with van der Waals surface area (Å²) in [5.74, 6) is 0. The molecule has 0 aliphatic heterocycles. The molecule has 0 amide bonds. The van der Waals surface area contributed by atoms with Crippen molar-refractivity contribution in [2.45, 2.75) is 26.3 Å². The summed E-state index contributed by atoms with van der Waals surface area (Å²) >= 11 is 1.78. The fourth-order valence-corrected chi connectivity index (χ4v) is 2.39. The van der Waals surface area contributed by atoms with Gasteiger partial charge in [-0.05, 0) is 30.9 Å². The van der Waals surface area contributed by atoms with Crippen molar-refractivity contribution in [3.8, 4) is 10.4 Å². The van der Waals surface area contributed by atoms with Crippen LogP contribution in [0.4, 0.5) is 5.69 Å². The van der Waals surface area contributed by atoms with Crippen LogP contribution in [0.1, 0.15) is 20.3 Å². The molecule has 2 rings (SSSR count). The number of anilines is 1. The Morgan fingerprint density at radius 1 is 1.19 bits per heavy atom. The molecular formula is C14H17NS. The maximum absolute atomic E-state index is 3.56. The lowest BCUT2D eigenvalue weighted by Gasteiger charge is -2.16. The standard InChI is InChI=1S/C14H17NS/c1-3-11(2)15-13-8-5-4-7-12(13)14-9-6-10-16-14/h4-11,15H,3H2,1-2H3. The molecule has 1 N–H and O–H groups in total. The van der Waals surface area contributed by atoms with E-state index >= 15 is 0 Å². The minimum Gasteiger partial charge on any atom is -0.382 e. The monoisotopic (exact) mass is 231 g/mol. The molecule has 0 saturated carbocycles. The van der Waals surface area contributed by atoms with Crippen molar-refractivity contribution in [1.82, 2.24) is 0 Å².